The van der Waals surface area contributed by atoms with E-state index < -0.39 is 11.6 Å². The molecule has 1 aromatic rings. The van der Waals surface area contributed by atoms with Crippen molar-refractivity contribution in [3.05, 3.63) is 17.5 Å². The average molecular weight is 291 g/mol. The van der Waals surface area contributed by atoms with Gasteiger partial charge in [0.25, 0.3) is 11.8 Å². The van der Waals surface area contributed by atoms with Crippen LogP contribution in [0.3, 0.4) is 0 Å². The SMILES string of the molecule is CCn1nc(C)cc1C(=O)N1CCC2(C1)NC(=O)NC2=O. The number of amides is 4. The second-order valence-electron chi connectivity index (χ2n) is 5.45. The van der Waals surface area contributed by atoms with Crippen molar-refractivity contribution in [2.75, 3.05) is 13.1 Å². The van der Waals surface area contributed by atoms with Crippen molar-refractivity contribution < 1.29 is 14.4 Å². The second-order valence-corrected chi connectivity index (χ2v) is 5.45. The van der Waals surface area contributed by atoms with Gasteiger partial charge in [-0.1, -0.05) is 0 Å². The monoisotopic (exact) mass is 291 g/mol. The number of hydrogen-bond acceptors (Lipinski definition) is 4. The number of aryl methyl sites for hydroxylation is 2. The van der Waals surface area contributed by atoms with Crippen molar-refractivity contribution in [2.24, 2.45) is 0 Å². The Hall–Kier alpha value is -2.38. The van der Waals surface area contributed by atoms with Crippen molar-refractivity contribution in [1.82, 2.24) is 25.3 Å². The fourth-order valence-corrected chi connectivity index (χ4v) is 2.92. The van der Waals surface area contributed by atoms with E-state index in [9.17, 15) is 14.4 Å². The van der Waals surface area contributed by atoms with Gasteiger partial charge in [0, 0.05) is 13.1 Å². The van der Waals surface area contributed by atoms with Crippen molar-refractivity contribution in [1.29, 1.82) is 0 Å². The van der Waals surface area contributed by atoms with E-state index in [0.717, 1.165) is 5.69 Å². The van der Waals surface area contributed by atoms with Crippen LogP contribution in [-0.2, 0) is 11.3 Å². The van der Waals surface area contributed by atoms with Crippen LogP contribution in [-0.4, -0.2) is 51.2 Å². The van der Waals surface area contributed by atoms with Gasteiger partial charge in [-0.25, -0.2) is 4.79 Å². The summed E-state index contributed by atoms with van der Waals surface area (Å²) in [7, 11) is 0. The Bertz CT molecular complexity index is 638. The Morgan fingerprint density at radius 3 is 2.86 bits per heavy atom. The molecule has 1 aromatic heterocycles. The summed E-state index contributed by atoms with van der Waals surface area (Å²) in [4.78, 5) is 37.4. The molecule has 1 spiro atoms. The highest BCUT2D eigenvalue weighted by Gasteiger charge is 2.51. The fraction of sp³-hybridized carbons (Fsp3) is 0.538. The van der Waals surface area contributed by atoms with Gasteiger partial charge in [-0.15, -0.1) is 0 Å². The van der Waals surface area contributed by atoms with Gasteiger partial charge in [0.15, 0.2) is 0 Å². The zero-order valence-corrected chi connectivity index (χ0v) is 12.0. The molecule has 1 unspecified atom stereocenters. The first-order chi connectivity index (χ1) is 9.95. The van der Waals surface area contributed by atoms with E-state index in [0.29, 0.717) is 25.2 Å². The van der Waals surface area contributed by atoms with Gasteiger partial charge in [-0.2, -0.15) is 5.10 Å². The molecule has 4 amide bonds. The first kappa shape index (κ1) is 13.6. The van der Waals surface area contributed by atoms with Gasteiger partial charge in [-0.05, 0) is 26.3 Å². The van der Waals surface area contributed by atoms with E-state index in [1.54, 1.807) is 15.6 Å². The highest BCUT2D eigenvalue weighted by atomic mass is 16.2. The molecule has 112 valence electrons. The number of likely N-dealkylation sites (tertiary alicyclic amines) is 1. The number of urea groups is 1. The molecular formula is C13H17N5O3. The molecule has 0 radical (unpaired) electrons. The first-order valence-corrected chi connectivity index (χ1v) is 6.92. The maximum Gasteiger partial charge on any atom is 0.322 e. The first-order valence-electron chi connectivity index (χ1n) is 6.92. The molecule has 2 aliphatic rings. The van der Waals surface area contributed by atoms with Crippen molar-refractivity contribution in [2.45, 2.75) is 32.4 Å². The maximum absolute atomic E-state index is 12.6. The lowest BCUT2D eigenvalue weighted by Crippen LogP contribution is -2.49. The minimum atomic E-state index is -0.973. The van der Waals surface area contributed by atoms with Crippen LogP contribution < -0.4 is 10.6 Å². The molecule has 0 saturated carbocycles. The van der Waals surface area contributed by atoms with E-state index in [4.69, 9.17) is 0 Å². The summed E-state index contributed by atoms with van der Waals surface area (Å²) in [5.74, 6) is -0.522. The molecule has 0 aliphatic carbocycles. The summed E-state index contributed by atoms with van der Waals surface area (Å²) in [5.41, 5.74) is 0.316. The fourth-order valence-electron chi connectivity index (χ4n) is 2.92. The predicted octanol–water partition coefficient (Wildman–Crippen LogP) is -0.364. The quantitative estimate of drug-likeness (QED) is 0.727. The van der Waals surface area contributed by atoms with Crippen molar-refractivity contribution in [3.63, 3.8) is 0 Å². The van der Waals surface area contributed by atoms with Gasteiger partial charge in [0.1, 0.15) is 11.2 Å². The van der Waals surface area contributed by atoms with Crippen LogP contribution in [0.1, 0.15) is 29.5 Å². The molecule has 3 rings (SSSR count). The van der Waals surface area contributed by atoms with Gasteiger partial charge < -0.3 is 10.2 Å². The van der Waals surface area contributed by atoms with Crippen LogP contribution in [0.25, 0.3) is 0 Å². The average Bonchev–Trinajstić information content (AvgIpc) is 3.09. The Balaban J connectivity index is 1.81. The lowest BCUT2D eigenvalue weighted by atomic mass is 9.99. The topological polar surface area (TPSA) is 96.3 Å². The van der Waals surface area contributed by atoms with Gasteiger partial charge in [-0.3, -0.25) is 19.6 Å². The number of rotatable bonds is 2. The van der Waals surface area contributed by atoms with E-state index in [1.165, 1.54) is 0 Å². The van der Waals surface area contributed by atoms with Crippen LogP contribution in [0.4, 0.5) is 4.79 Å². The molecule has 2 aliphatic heterocycles. The largest absolute Gasteiger partial charge is 0.334 e. The Kier molecular flexibility index (Phi) is 2.96. The third kappa shape index (κ3) is 2.07. The Morgan fingerprint density at radius 1 is 1.48 bits per heavy atom. The summed E-state index contributed by atoms with van der Waals surface area (Å²) in [6.45, 7) is 4.97. The van der Waals surface area contributed by atoms with E-state index in [1.807, 2.05) is 13.8 Å². The number of nitrogens with one attached hydrogen (secondary N) is 2. The number of carbonyl (C=O) groups excluding carboxylic acids is 3. The Morgan fingerprint density at radius 2 is 2.24 bits per heavy atom. The molecule has 2 N–H and O–H groups in total. The van der Waals surface area contributed by atoms with Gasteiger partial charge in [0.2, 0.25) is 0 Å². The lowest BCUT2D eigenvalue weighted by Gasteiger charge is -2.21. The van der Waals surface area contributed by atoms with Gasteiger partial charge >= 0.3 is 6.03 Å². The highest BCUT2D eigenvalue weighted by Crippen LogP contribution is 2.26. The molecule has 3 heterocycles. The molecular weight excluding hydrogens is 274 g/mol. The zero-order valence-electron chi connectivity index (χ0n) is 12.0. The van der Waals surface area contributed by atoms with Crippen LogP contribution in [0, 0.1) is 6.92 Å². The second kappa shape index (κ2) is 4.57. The molecule has 21 heavy (non-hydrogen) atoms. The van der Waals surface area contributed by atoms with Crippen molar-refractivity contribution >= 4 is 17.8 Å². The smallest absolute Gasteiger partial charge is 0.322 e. The molecule has 1 atom stereocenters. The number of imide groups is 1. The number of nitrogens with zero attached hydrogens (tertiary/aromatic N) is 3. The summed E-state index contributed by atoms with van der Waals surface area (Å²) >= 11 is 0. The third-order valence-electron chi connectivity index (χ3n) is 3.99. The van der Waals surface area contributed by atoms with Crippen molar-refractivity contribution in [3.8, 4) is 0 Å². The van der Waals surface area contributed by atoms with E-state index in [-0.39, 0.29) is 18.4 Å². The van der Waals surface area contributed by atoms with E-state index in [2.05, 4.69) is 15.7 Å². The van der Waals surface area contributed by atoms with Crippen LogP contribution in [0.2, 0.25) is 0 Å². The summed E-state index contributed by atoms with van der Waals surface area (Å²) in [6.07, 6.45) is 0.426. The summed E-state index contributed by atoms with van der Waals surface area (Å²) in [6, 6.07) is 1.24. The number of carbonyl (C=O) groups is 3. The molecule has 2 saturated heterocycles. The minimum absolute atomic E-state index is 0.164. The van der Waals surface area contributed by atoms with Crippen LogP contribution in [0.5, 0.6) is 0 Å². The van der Waals surface area contributed by atoms with Gasteiger partial charge in [0.05, 0.1) is 12.2 Å². The maximum atomic E-state index is 12.6. The van der Waals surface area contributed by atoms with Crippen LogP contribution in [0.15, 0.2) is 6.07 Å². The lowest BCUT2D eigenvalue weighted by molar-refractivity contribution is -0.123. The minimum Gasteiger partial charge on any atom is -0.334 e. The van der Waals surface area contributed by atoms with Crippen LogP contribution >= 0.6 is 0 Å². The molecule has 0 bridgehead atoms. The predicted molar refractivity (Wildman–Crippen MR) is 72.6 cm³/mol. The molecule has 2 fully saturated rings. The molecule has 0 aromatic carbocycles. The zero-order chi connectivity index (χ0) is 15.2. The van der Waals surface area contributed by atoms with E-state index >= 15 is 0 Å². The standard InChI is InChI=1S/C13H17N5O3/c1-3-18-9(6-8(2)16-18)10(19)17-5-4-13(7-17)11(20)14-12(21)15-13/h6H,3-5,7H2,1-2H3,(H2,14,15,20,21). The normalized spacial score (nSPS) is 24.6. The summed E-state index contributed by atoms with van der Waals surface area (Å²) in [5, 5.41) is 9.12. The highest BCUT2D eigenvalue weighted by molar-refractivity contribution is 6.08. The molecule has 8 heteroatoms. The Labute approximate surface area is 121 Å². The molecule has 8 nitrogen and oxygen atoms in total. The third-order valence-corrected chi connectivity index (χ3v) is 3.99. The number of hydrogen-bond donors (Lipinski definition) is 2. The summed E-state index contributed by atoms with van der Waals surface area (Å²) < 4.78 is 1.65. The number of aromatic nitrogens is 2.